The molecule has 0 unspecified atom stereocenters. The van der Waals surface area contributed by atoms with Gasteiger partial charge in [0, 0.05) is 13.1 Å². The third-order valence-corrected chi connectivity index (χ3v) is 2.67. The number of hydrogen-bond donors (Lipinski definition) is 0. The smallest absolute Gasteiger partial charge is 0.101 e. The van der Waals surface area contributed by atoms with Gasteiger partial charge in [0.1, 0.15) is 6.07 Å². The second-order valence-electron chi connectivity index (χ2n) is 3.84. The summed E-state index contributed by atoms with van der Waals surface area (Å²) in [6.45, 7) is 3.98. The van der Waals surface area contributed by atoms with E-state index in [0.717, 1.165) is 30.8 Å². The van der Waals surface area contributed by atoms with Gasteiger partial charge in [-0.15, -0.1) is 0 Å². The van der Waals surface area contributed by atoms with Gasteiger partial charge >= 0.3 is 0 Å². The second kappa shape index (κ2) is 4.18. The van der Waals surface area contributed by atoms with Crippen LogP contribution in [0, 0.1) is 18.3 Å². The third kappa shape index (κ3) is 2.02. The quantitative estimate of drug-likeness (QED) is 0.649. The minimum Gasteiger partial charge on any atom is -0.366 e. The van der Waals surface area contributed by atoms with Gasteiger partial charge in [-0.05, 0) is 31.0 Å². The molecule has 15 heavy (non-hydrogen) atoms. The van der Waals surface area contributed by atoms with Crippen LogP contribution >= 0.6 is 0 Å². The molecule has 0 fully saturated rings. The van der Waals surface area contributed by atoms with Gasteiger partial charge in [-0.2, -0.15) is 5.26 Å². The Hall–Kier alpha value is -1.75. The van der Waals surface area contributed by atoms with Gasteiger partial charge in [0.2, 0.25) is 0 Å². The highest BCUT2D eigenvalue weighted by Gasteiger charge is 2.11. The maximum absolute atomic E-state index is 9.05. The van der Waals surface area contributed by atoms with Gasteiger partial charge in [-0.3, -0.25) is 0 Å². The number of nitrogens with zero attached hydrogens (tertiary/aromatic N) is 2. The van der Waals surface area contributed by atoms with Crippen molar-refractivity contribution in [3.63, 3.8) is 0 Å². The highest BCUT2D eigenvalue weighted by atomic mass is 15.1. The maximum Gasteiger partial charge on any atom is 0.101 e. The van der Waals surface area contributed by atoms with Crippen LogP contribution in [0.25, 0.3) is 0 Å². The Morgan fingerprint density at radius 1 is 1.33 bits per heavy atom. The van der Waals surface area contributed by atoms with Gasteiger partial charge in [0.15, 0.2) is 0 Å². The molecule has 0 aromatic heterocycles. The van der Waals surface area contributed by atoms with Crippen LogP contribution in [-0.4, -0.2) is 13.1 Å². The summed E-state index contributed by atoms with van der Waals surface area (Å²) in [6, 6.07) is 8.24. The molecule has 0 spiro atoms. The molecule has 0 amide bonds. The van der Waals surface area contributed by atoms with Gasteiger partial charge in [-0.25, -0.2) is 0 Å². The number of rotatable bonds is 1. The second-order valence-corrected chi connectivity index (χ2v) is 3.84. The van der Waals surface area contributed by atoms with Crippen LogP contribution in [0.2, 0.25) is 0 Å². The number of anilines is 1. The molecule has 1 aliphatic rings. The minimum atomic E-state index is 0.774. The van der Waals surface area contributed by atoms with Crippen molar-refractivity contribution < 1.29 is 0 Å². The summed E-state index contributed by atoms with van der Waals surface area (Å²) in [5.74, 6) is 0. The summed E-state index contributed by atoms with van der Waals surface area (Å²) in [7, 11) is 0. The lowest BCUT2D eigenvalue weighted by atomic mass is 10.1. The van der Waals surface area contributed by atoms with E-state index < -0.39 is 0 Å². The van der Waals surface area contributed by atoms with Gasteiger partial charge in [-0.1, -0.05) is 18.2 Å². The first-order valence-electron chi connectivity index (χ1n) is 5.22. The van der Waals surface area contributed by atoms with E-state index in [4.69, 9.17) is 5.26 Å². The fourth-order valence-electron chi connectivity index (χ4n) is 1.86. The van der Waals surface area contributed by atoms with Crippen LogP contribution < -0.4 is 4.90 Å². The normalized spacial score (nSPS) is 15.1. The van der Waals surface area contributed by atoms with E-state index in [0.29, 0.717) is 0 Å². The molecule has 2 rings (SSSR count). The number of aryl methyl sites for hydroxylation is 1. The Kier molecular flexibility index (Phi) is 2.73. The Labute approximate surface area is 90.4 Å². The zero-order chi connectivity index (χ0) is 10.7. The van der Waals surface area contributed by atoms with Gasteiger partial charge < -0.3 is 4.90 Å². The lowest BCUT2D eigenvalue weighted by Gasteiger charge is -2.26. The molecule has 1 aliphatic heterocycles. The van der Waals surface area contributed by atoms with E-state index >= 15 is 0 Å². The zero-order valence-corrected chi connectivity index (χ0v) is 8.90. The fraction of sp³-hybridized carbons (Fsp3) is 0.308. The van der Waals surface area contributed by atoms with E-state index in [1.54, 1.807) is 0 Å². The van der Waals surface area contributed by atoms with Crippen molar-refractivity contribution in [3.8, 4) is 6.07 Å². The molecule has 0 aliphatic carbocycles. The Balaban J connectivity index is 2.37. The van der Waals surface area contributed by atoms with Crippen LogP contribution in [0.15, 0.2) is 30.4 Å². The maximum atomic E-state index is 9.05. The standard InChI is InChI=1S/C13H14N2/c1-11-5-6-12(10-14)13(9-11)15-7-3-2-4-8-15/h2-3,5-6,9H,4,7-8H2,1H3. The average Bonchev–Trinajstić information content (AvgIpc) is 2.30. The molecule has 0 N–H and O–H groups in total. The van der Waals surface area contributed by atoms with E-state index in [9.17, 15) is 0 Å². The molecule has 2 heteroatoms. The minimum absolute atomic E-state index is 0.774. The molecule has 1 heterocycles. The van der Waals surface area contributed by atoms with Gasteiger partial charge in [0.05, 0.1) is 11.3 Å². The lowest BCUT2D eigenvalue weighted by molar-refractivity contribution is 0.819. The summed E-state index contributed by atoms with van der Waals surface area (Å²) in [5.41, 5.74) is 3.05. The van der Waals surface area contributed by atoms with Crippen LogP contribution in [0.3, 0.4) is 0 Å². The molecule has 76 valence electrons. The average molecular weight is 198 g/mol. The molecule has 0 bridgehead atoms. The highest BCUT2D eigenvalue weighted by Crippen LogP contribution is 2.23. The number of hydrogen-bond acceptors (Lipinski definition) is 2. The Morgan fingerprint density at radius 2 is 2.20 bits per heavy atom. The first-order valence-corrected chi connectivity index (χ1v) is 5.22. The van der Waals surface area contributed by atoms with Crippen molar-refractivity contribution in [2.75, 3.05) is 18.0 Å². The van der Waals surface area contributed by atoms with E-state index in [1.807, 2.05) is 12.1 Å². The van der Waals surface area contributed by atoms with Crippen molar-refractivity contribution in [3.05, 3.63) is 41.5 Å². The predicted octanol–water partition coefficient (Wildman–Crippen LogP) is 2.63. The van der Waals surface area contributed by atoms with Gasteiger partial charge in [0.25, 0.3) is 0 Å². The lowest BCUT2D eigenvalue weighted by Crippen LogP contribution is -2.27. The van der Waals surface area contributed by atoms with E-state index in [-0.39, 0.29) is 0 Å². The summed E-state index contributed by atoms with van der Waals surface area (Å²) < 4.78 is 0. The summed E-state index contributed by atoms with van der Waals surface area (Å²) in [6.07, 6.45) is 5.42. The van der Waals surface area contributed by atoms with Crippen molar-refractivity contribution in [2.45, 2.75) is 13.3 Å². The number of benzene rings is 1. The Bertz CT molecular complexity index is 427. The highest BCUT2D eigenvalue weighted by molar-refractivity contribution is 5.61. The third-order valence-electron chi connectivity index (χ3n) is 2.67. The molecular weight excluding hydrogens is 184 g/mol. The van der Waals surface area contributed by atoms with Crippen molar-refractivity contribution in [1.82, 2.24) is 0 Å². The van der Waals surface area contributed by atoms with E-state index in [2.05, 4.69) is 36.1 Å². The van der Waals surface area contributed by atoms with Crippen molar-refractivity contribution in [1.29, 1.82) is 5.26 Å². The first-order chi connectivity index (χ1) is 7.31. The summed E-state index contributed by atoms with van der Waals surface area (Å²) >= 11 is 0. The van der Waals surface area contributed by atoms with Crippen LogP contribution in [0.5, 0.6) is 0 Å². The number of nitriles is 1. The van der Waals surface area contributed by atoms with Crippen LogP contribution in [0.4, 0.5) is 5.69 Å². The largest absolute Gasteiger partial charge is 0.366 e. The molecule has 1 aromatic carbocycles. The Morgan fingerprint density at radius 3 is 2.87 bits per heavy atom. The van der Waals surface area contributed by atoms with Crippen LogP contribution in [-0.2, 0) is 0 Å². The predicted molar refractivity (Wildman–Crippen MR) is 61.9 cm³/mol. The molecule has 0 radical (unpaired) electrons. The summed E-state index contributed by atoms with van der Waals surface area (Å²) in [5, 5.41) is 9.05. The summed E-state index contributed by atoms with van der Waals surface area (Å²) in [4.78, 5) is 2.26. The van der Waals surface area contributed by atoms with Crippen molar-refractivity contribution >= 4 is 5.69 Å². The molecular formula is C13H14N2. The molecule has 2 nitrogen and oxygen atoms in total. The zero-order valence-electron chi connectivity index (χ0n) is 8.90. The molecule has 0 saturated carbocycles. The van der Waals surface area contributed by atoms with Crippen LogP contribution in [0.1, 0.15) is 17.5 Å². The molecule has 0 atom stereocenters. The molecule has 0 saturated heterocycles. The topological polar surface area (TPSA) is 27.0 Å². The van der Waals surface area contributed by atoms with E-state index in [1.165, 1.54) is 5.56 Å². The molecule has 1 aromatic rings. The monoisotopic (exact) mass is 198 g/mol. The first kappa shape index (κ1) is 9.79. The SMILES string of the molecule is Cc1ccc(C#N)c(N2CC=CCC2)c1. The fourth-order valence-corrected chi connectivity index (χ4v) is 1.86. The van der Waals surface area contributed by atoms with Crippen molar-refractivity contribution in [2.24, 2.45) is 0 Å².